The van der Waals surface area contributed by atoms with Crippen LogP contribution in [-0.4, -0.2) is 5.78 Å². The summed E-state index contributed by atoms with van der Waals surface area (Å²) in [5, 5.41) is 0. The molecule has 1 unspecified atom stereocenters. The lowest BCUT2D eigenvalue weighted by atomic mass is 9.91. The van der Waals surface area contributed by atoms with Gasteiger partial charge in [-0.1, -0.05) is 46.6 Å². The molecule has 1 nitrogen and oxygen atoms in total. The Bertz CT molecular complexity index is 213. The van der Waals surface area contributed by atoms with E-state index >= 15 is 0 Å². The van der Waals surface area contributed by atoms with Gasteiger partial charge in [0, 0.05) is 0 Å². The van der Waals surface area contributed by atoms with Crippen molar-refractivity contribution in [3.05, 3.63) is 11.6 Å². The van der Waals surface area contributed by atoms with Gasteiger partial charge in [0.1, 0.15) is 0 Å². The van der Waals surface area contributed by atoms with Crippen molar-refractivity contribution < 1.29 is 4.79 Å². The fourth-order valence-electron chi connectivity index (χ4n) is 1.84. The Morgan fingerprint density at radius 2 is 1.87 bits per heavy atom. The third-order valence-corrected chi connectivity index (χ3v) is 2.90. The highest BCUT2D eigenvalue weighted by atomic mass is 16.1. The molecule has 0 radical (unpaired) electrons. The number of ketones is 1. The van der Waals surface area contributed by atoms with E-state index in [1.165, 1.54) is 19.3 Å². The summed E-state index contributed by atoms with van der Waals surface area (Å²) in [7, 11) is 0. The van der Waals surface area contributed by atoms with Crippen LogP contribution in [0, 0.1) is 11.8 Å². The molecule has 88 valence electrons. The summed E-state index contributed by atoms with van der Waals surface area (Å²) >= 11 is 0. The smallest absolute Gasteiger partial charge is 0.155 e. The minimum atomic E-state index is 0.236. The van der Waals surface area contributed by atoms with E-state index in [0.717, 1.165) is 12.0 Å². The minimum absolute atomic E-state index is 0.236. The van der Waals surface area contributed by atoms with E-state index < -0.39 is 0 Å². The highest BCUT2D eigenvalue weighted by Gasteiger charge is 2.11. The molecule has 0 spiro atoms. The van der Waals surface area contributed by atoms with Crippen LogP contribution in [-0.2, 0) is 4.79 Å². The Labute approximate surface area is 95.0 Å². The van der Waals surface area contributed by atoms with Crippen LogP contribution in [0.4, 0.5) is 0 Å². The predicted molar refractivity (Wildman–Crippen MR) is 66.9 cm³/mol. The largest absolute Gasteiger partial charge is 0.295 e. The quantitative estimate of drug-likeness (QED) is 0.570. The normalized spacial score (nSPS) is 14.4. The van der Waals surface area contributed by atoms with Crippen molar-refractivity contribution in [1.82, 2.24) is 0 Å². The molecule has 0 aliphatic carbocycles. The average molecular weight is 210 g/mol. The minimum Gasteiger partial charge on any atom is -0.295 e. The fourth-order valence-corrected chi connectivity index (χ4v) is 1.84. The standard InChI is InChI=1S/C14H26O/c1-6-8-9-13(7-2)10-14(11(3)4)12(5)15/h10-11,13H,6-9H2,1-5H3/b14-10-. The van der Waals surface area contributed by atoms with Gasteiger partial charge >= 0.3 is 0 Å². The Hall–Kier alpha value is -0.590. The molecule has 1 atom stereocenters. The number of Topliss-reactive ketones (excluding diaryl/α,β-unsaturated/α-hetero) is 1. The van der Waals surface area contributed by atoms with Crippen LogP contribution in [0.3, 0.4) is 0 Å². The van der Waals surface area contributed by atoms with Crippen LogP contribution in [0.15, 0.2) is 11.6 Å². The first-order valence-electron chi connectivity index (χ1n) is 6.25. The maximum absolute atomic E-state index is 11.4. The van der Waals surface area contributed by atoms with Crippen LogP contribution in [0.2, 0.25) is 0 Å². The Balaban J connectivity index is 4.53. The lowest BCUT2D eigenvalue weighted by molar-refractivity contribution is -0.114. The molecule has 15 heavy (non-hydrogen) atoms. The van der Waals surface area contributed by atoms with Gasteiger partial charge in [0.2, 0.25) is 0 Å². The van der Waals surface area contributed by atoms with Crippen molar-refractivity contribution in [3.8, 4) is 0 Å². The molecule has 0 N–H and O–H groups in total. The summed E-state index contributed by atoms with van der Waals surface area (Å²) in [6.07, 6.45) is 7.07. The fraction of sp³-hybridized carbons (Fsp3) is 0.786. The topological polar surface area (TPSA) is 17.1 Å². The van der Waals surface area contributed by atoms with E-state index in [9.17, 15) is 4.79 Å². The van der Waals surface area contributed by atoms with Gasteiger partial charge in [-0.2, -0.15) is 0 Å². The van der Waals surface area contributed by atoms with Crippen LogP contribution < -0.4 is 0 Å². The zero-order valence-corrected chi connectivity index (χ0v) is 11.0. The van der Waals surface area contributed by atoms with Crippen LogP contribution in [0.25, 0.3) is 0 Å². The summed E-state index contributed by atoms with van der Waals surface area (Å²) in [5.41, 5.74) is 1.01. The van der Waals surface area contributed by atoms with E-state index in [4.69, 9.17) is 0 Å². The predicted octanol–water partition coefficient (Wildman–Crippen LogP) is 4.37. The molecule has 0 aromatic heterocycles. The highest BCUT2D eigenvalue weighted by Crippen LogP contribution is 2.20. The Morgan fingerprint density at radius 1 is 1.27 bits per heavy atom. The third-order valence-electron chi connectivity index (χ3n) is 2.90. The van der Waals surface area contributed by atoms with Gasteiger partial charge in [-0.25, -0.2) is 0 Å². The second-order valence-electron chi connectivity index (χ2n) is 4.64. The van der Waals surface area contributed by atoms with Gasteiger partial charge in [0.15, 0.2) is 5.78 Å². The van der Waals surface area contributed by atoms with Crippen LogP contribution >= 0.6 is 0 Å². The molecule has 0 saturated carbocycles. The number of rotatable bonds is 7. The molecule has 0 aliphatic rings. The molecule has 0 aromatic carbocycles. The number of hydrogen-bond donors (Lipinski definition) is 0. The van der Waals surface area contributed by atoms with Crippen molar-refractivity contribution in [2.24, 2.45) is 11.8 Å². The van der Waals surface area contributed by atoms with E-state index in [1.807, 2.05) is 0 Å². The summed E-state index contributed by atoms with van der Waals surface area (Å²) in [6.45, 7) is 10.3. The molecule has 0 bridgehead atoms. The van der Waals surface area contributed by atoms with E-state index in [1.54, 1.807) is 6.92 Å². The lowest BCUT2D eigenvalue weighted by Crippen LogP contribution is -2.07. The summed E-state index contributed by atoms with van der Waals surface area (Å²) in [6, 6.07) is 0. The SMILES string of the molecule is CCCCC(/C=C(\C(C)=O)C(C)C)CC. The first kappa shape index (κ1) is 14.4. The van der Waals surface area contributed by atoms with Crippen LogP contribution in [0.1, 0.15) is 60.3 Å². The monoisotopic (exact) mass is 210 g/mol. The molecular weight excluding hydrogens is 184 g/mol. The molecule has 1 heteroatoms. The van der Waals surface area contributed by atoms with Crippen molar-refractivity contribution >= 4 is 5.78 Å². The first-order valence-corrected chi connectivity index (χ1v) is 6.25. The number of unbranched alkanes of at least 4 members (excludes halogenated alkanes) is 1. The highest BCUT2D eigenvalue weighted by molar-refractivity contribution is 5.93. The van der Waals surface area contributed by atoms with Crippen molar-refractivity contribution in [1.29, 1.82) is 0 Å². The second kappa shape index (κ2) is 7.67. The van der Waals surface area contributed by atoms with Gasteiger partial charge in [-0.3, -0.25) is 4.79 Å². The first-order chi connectivity index (χ1) is 7.02. The number of carbonyl (C=O) groups excluding carboxylic acids is 1. The number of hydrogen-bond acceptors (Lipinski definition) is 1. The maximum Gasteiger partial charge on any atom is 0.155 e. The number of carbonyl (C=O) groups is 1. The summed E-state index contributed by atoms with van der Waals surface area (Å²) in [5.74, 6) is 1.18. The number of allylic oxidation sites excluding steroid dienone is 2. The molecule has 0 saturated heterocycles. The molecule has 0 rings (SSSR count). The summed E-state index contributed by atoms with van der Waals surface area (Å²) in [4.78, 5) is 11.4. The molecule has 0 fully saturated rings. The van der Waals surface area contributed by atoms with E-state index in [0.29, 0.717) is 11.8 Å². The summed E-state index contributed by atoms with van der Waals surface area (Å²) < 4.78 is 0. The Morgan fingerprint density at radius 3 is 2.20 bits per heavy atom. The van der Waals surface area contributed by atoms with E-state index in [-0.39, 0.29) is 5.78 Å². The zero-order chi connectivity index (χ0) is 11.8. The molecular formula is C14H26O. The lowest BCUT2D eigenvalue weighted by Gasteiger charge is -2.14. The Kier molecular flexibility index (Phi) is 7.37. The van der Waals surface area contributed by atoms with Gasteiger partial charge in [0.25, 0.3) is 0 Å². The van der Waals surface area contributed by atoms with E-state index in [2.05, 4.69) is 33.8 Å². The van der Waals surface area contributed by atoms with Crippen LogP contribution in [0.5, 0.6) is 0 Å². The zero-order valence-electron chi connectivity index (χ0n) is 11.0. The molecule has 0 amide bonds. The molecule has 0 aromatic rings. The van der Waals surface area contributed by atoms with Crippen molar-refractivity contribution in [2.45, 2.75) is 60.3 Å². The van der Waals surface area contributed by atoms with Crippen molar-refractivity contribution in [3.63, 3.8) is 0 Å². The molecule has 0 heterocycles. The third kappa shape index (κ3) is 5.76. The maximum atomic E-state index is 11.4. The van der Waals surface area contributed by atoms with Crippen molar-refractivity contribution in [2.75, 3.05) is 0 Å². The average Bonchev–Trinajstić information content (AvgIpc) is 2.17. The van der Waals surface area contributed by atoms with Gasteiger partial charge in [-0.05, 0) is 37.2 Å². The molecule has 0 aliphatic heterocycles. The van der Waals surface area contributed by atoms with Gasteiger partial charge < -0.3 is 0 Å². The second-order valence-corrected chi connectivity index (χ2v) is 4.64. The van der Waals surface area contributed by atoms with Gasteiger partial charge in [-0.15, -0.1) is 0 Å². The van der Waals surface area contributed by atoms with Gasteiger partial charge in [0.05, 0.1) is 0 Å².